The maximum Gasteiger partial charge on any atom is 0.246 e. The Bertz CT molecular complexity index is 1380. The van der Waals surface area contributed by atoms with Gasteiger partial charge in [0.05, 0.1) is 30.2 Å². The minimum absolute atomic E-state index is 0.0337. The fourth-order valence-corrected chi connectivity index (χ4v) is 6.37. The second-order valence-corrected chi connectivity index (χ2v) is 10.5. The van der Waals surface area contributed by atoms with E-state index >= 15 is 0 Å². The van der Waals surface area contributed by atoms with Crippen molar-refractivity contribution in [1.82, 2.24) is 10.2 Å². The number of hydrogen-bond donors (Lipinski definition) is 2. The lowest BCUT2D eigenvalue weighted by Crippen LogP contribution is -2.54. The lowest BCUT2D eigenvalue weighted by molar-refractivity contribution is -0.141. The largest absolute Gasteiger partial charge is 0.359 e. The zero-order valence-corrected chi connectivity index (χ0v) is 20.5. The predicted molar refractivity (Wildman–Crippen MR) is 136 cm³/mol. The van der Waals surface area contributed by atoms with Crippen LogP contribution in [0.4, 0.5) is 10.1 Å². The van der Waals surface area contributed by atoms with Crippen molar-refractivity contribution in [2.75, 3.05) is 5.32 Å². The molecular weight excluding hydrogens is 493 g/mol. The summed E-state index contributed by atoms with van der Waals surface area (Å²) in [5.41, 5.74) is -0.323. The van der Waals surface area contributed by atoms with Gasteiger partial charge in [0.25, 0.3) is 0 Å². The van der Waals surface area contributed by atoms with Crippen LogP contribution in [-0.2, 0) is 32.2 Å². The molecule has 2 N–H and O–H groups in total. The average molecular weight is 518 g/mol. The zero-order chi connectivity index (χ0) is 25.6. The molecule has 1 aromatic heterocycles. The van der Waals surface area contributed by atoms with Gasteiger partial charge in [-0.05, 0) is 29.1 Å². The summed E-state index contributed by atoms with van der Waals surface area (Å²) in [7, 11) is 0. The van der Waals surface area contributed by atoms with Crippen molar-refractivity contribution in [2.24, 2.45) is 11.8 Å². The lowest BCUT2D eigenvalue weighted by Gasteiger charge is -2.32. The Balaban J connectivity index is 1.32. The number of para-hydroxylation sites is 1. The number of nitrogens with one attached hydrogen (secondary N) is 2. The third-order valence-electron chi connectivity index (χ3n) is 7.27. The molecule has 6 rings (SSSR count). The second-order valence-electron chi connectivity index (χ2n) is 9.42. The molecule has 3 aromatic rings. The van der Waals surface area contributed by atoms with Crippen LogP contribution in [0.15, 0.2) is 84.3 Å². The van der Waals surface area contributed by atoms with Gasteiger partial charge in [0.1, 0.15) is 17.5 Å². The molecule has 0 saturated carbocycles. The van der Waals surface area contributed by atoms with Crippen LogP contribution in [-0.4, -0.2) is 40.4 Å². The molecule has 0 aliphatic carbocycles. The van der Waals surface area contributed by atoms with Gasteiger partial charge in [0, 0.05) is 11.4 Å². The van der Waals surface area contributed by atoms with Crippen LogP contribution in [0, 0.1) is 17.7 Å². The van der Waals surface area contributed by atoms with Crippen molar-refractivity contribution in [3.63, 3.8) is 0 Å². The normalized spacial score (nSPS) is 27.4. The first kappa shape index (κ1) is 23.6. The molecule has 0 radical (unpaired) electrons. The molecule has 9 heteroatoms. The van der Waals surface area contributed by atoms with E-state index in [4.69, 9.17) is 4.74 Å². The Morgan fingerprint density at radius 1 is 1.03 bits per heavy atom. The van der Waals surface area contributed by atoms with Crippen LogP contribution < -0.4 is 10.6 Å². The number of nitrogens with zero attached hydrogens (tertiary/aromatic N) is 1. The number of rotatable bonds is 7. The Morgan fingerprint density at radius 3 is 2.57 bits per heavy atom. The lowest BCUT2D eigenvalue weighted by atomic mass is 9.74. The van der Waals surface area contributed by atoms with Crippen molar-refractivity contribution >= 4 is 34.7 Å². The Kier molecular flexibility index (Phi) is 5.89. The SMILES string of the molecule is O=C(Nc1ccccc1F)[C@@H]1[C@H]2C(=O)N(Cc3cccs3)[C@H](C(=O)NCc3ccccc3)[C@]23C=C[C@H]1O3. The van der Waals surface area contributed by atoms with Crippen molar-refractivity contribution < 1.29 is 23.5 Å². The molecule has 3 aliphatic heterocycles. The van der Waals surface area contributed by atoms with Crippen LogP contribution >= 0.6 is 11.3 Å². The molecule has 0 unspecified atom stereocenters. The third kappa shape index (κ3) is 3.95. The number of anilines is 1. The highest BCUT2D eigenvalue weighted by Crippen LogP contribution is 2.55. The fourth-order valence-electron chi connectivity index (χ4n) is 5.67. The Labute approximate surface area is 216 Å². The standard InChI is InChI=1S/C28H24FN3O4S/c29-19-10-4-5-11-20(19)31-25(33)22-21-12-13-28(36-21)23(22)27(35)32(16-18-9-6-14-37-18)24(28)26(34)30-15-17-7-2-1-3-8-17/h1-14,21-24H,15-16H2,(H,30,34)(H,31,33)/t21-,22+,23+,24-,28+/m1/s1. The van der Waals surface area contributed by atoms with Gasteiger partial charge in [0.2, 0.25) is 17.7 Å². The number of amides is 3. The van der Waals surface area contributed by atoms with Crippen molar-refractivity contribution in [3.8, 4) is 0 Å². The maximum atomic E-state index is 14.2. The molecule has 5 atom stereocenters. The number of carbonyl (C=O) groups excluding carboxylic acids is 3. The molecular formula is C28H24FN3O4S. The summed E-state index contributed by atoms with van der Waals surface area (Å²) < 4.78 is 20.6. The molecule has 3 amide bonds. The highest BCUT2D eigenvalue weighted by atomic mass is 32.1. The molecule has 2 aromatic carbocycles. The molecule has 2 fully saturated rings. The van der Waals surface area contributed by atoms with Crippen LogP contribution in [0.5, 0.6) is 0 Å². The summed E-state index contributed by atoms with van der Waals surface area (Å²) in [6, 6.07) is 18.2. The Hall–Kier alpha value is -3.82. The first-order chi connectivity index (χ1) is 18.0. The van der Waals surface area contributed by atoms with E-state index in [-0.39, 0.29) is 24.0 Å². The number of likely N-dealkylation sites (tertiary alicyclic amines) is 1. The topological polar surface area (TPSA) is 87.7 Å². The van der Waals surface area contributed by atoms with E-state index in [1.807, 2.05) is 47.8 Å². The number of hydrogen-bond acceptors (Lipinski definition) is 5. The van der Waals surface area contributed by atoms with Gasteiger partial charge < -0.3 is 20.3 Å². The number of thiophene rings is 1. The average Bonchev–Trinajstić information content (AvgIpc) is 3.68. The quantitative estimate of drug-likeness (QED) is 0.470. The van der Waals surface area contributed by atoms with E-state index in [0.29, 0.717) is 6.54 Å². The highest BCUT2D eigenvalue weighted by Gasteiger charge is 2.72. The predicted octanol–water partition coefficient (Wildman–Crippen LogP) is 3.49. The number of ether oxygens (including phenoxy) is 1. The first-order valence-corrected chi connectivity index (χ1v) is 12.9. The summed E-state index contributed by atoms with van der Waals surface area (Å²) in [5, 5.41) is 7.49. The monoisotopic (exact) mass is 517 g/mol. The summed E-state index contributed by atoms with van der Waals surface area (Å²) in [6.07, 6.45) is 2.81. The van der Waals surface area contributed by atoms with Crippen LogP contribution in [0.1, 0.15) is 10.4 Å². The van der Waals surface area contributed by atoms with E-state index in [9.17, 15) is 18.8 Å². The van der Waals surface area contributed by atoms with E-state index in [2.05, 4.69) is 10.6 Å². The van der Waals surface area contributed by atoms with E-state index in [1.165, 1.54) is 34.4 Å². The molecule has 3 aliphatic rings. The van der Waals surface area contributed by atoms with Gasteiger partial charge in [-0.2, -0.15) is 0 Å². The number of carbonyl (C=O) groups is 3. The summed E-state index contributed by atoms with van der Waals surface area (Å²) in [5.74, 6) is -3.55. The maximum absolute atomic E-state index is 14.2. The molecule has 1 spiro atoms. The molecule has 2 bridgehead atoms. The van der Waals surface area contributed by atoms with Gasteiger partial charge in [0.15, 0.2) is 0 Å². The Morgan fingerprint density at radius 2 is 1.81 bits per heavy atom. The summed E-state index contributed by atoms with van der Waals surface area (Å²) in [4.78, 5) is 43.4. The summed E-state index contributed by atoms with van der Waals surface area (Å²) >= 11 is 1.49. The minimum Gasteiger partial charge on any atom is -0.359 e. The zero-order valence-electron chi connectivity index (χ0n) is 19.7. The first-order valence-electron chi connectivity index (χ1n) is 12.0. The molecule has 188 valence electrons. The van der Waals surface area contributed by atoms with E-state index in [0.717, 1.165) is 10.4 Å². The van der Waals surface area contributed by atoms with Gasteiger partial charge in [-0.1, -0.05) is 60.7 Å². The van der Waals surface area contributed by atoms with Gasteiger partial charge >= 0.3 is 0 Å². The minimum atomic E-state index is -1.28. The van der Waals surface area contributed by atoms with Crippen molar-refractivity contribution in [2.45, 2.75) is 30.8 Å². The molecule has 37 heavy (non-hydrogen) atoms. The molecule has 4 heterocycles. The van der Waals surface area contributed by atoms with E-state index in [1.54, 1.807) is 18.2 Å². The van der Waals surface area contributed by atoms with Crippen LogP contribution in [0.3, 0.4) is 0 Å². The van der Waals surface area contributed by atoms with Crippen LogP contribution in [0.25, 0.3) is 0 Å². The van der Waals surface area contributed by atoms with Crippen LogP contribution in [0.2, 0.25) is 0 Å². The number of fused-ring (bicyclic) bond motifs is 1. The van der Waals surface area contributed by atoms with E-state index < -0.39 is 41.3 Å². The fraction of sp³-hybridized carbons (Fsp3) is 0.250. The van der Waals surface area contributed by atoms with Gasteiger partial charge in [-0.25, -0.2) is 4.39 Å². The number of halogens is 1. The smallest absolute Gasteiger partial charge is 0.246 e. The molecule has 7 nitrogen and oxygen atoms in total. The highest BCUT2D eigenvalue weighted by molar-refractivity contribution is 7.09. The second kappa shape index (κ2) is 9.24. The number of benzene rings is 2. The van der Waals surface area contributed by atoms with Crippen molar-refractivity contribution in [3.05, 3.63) is 101 Å². The van der Waals surface area contributed by atoms with Gasteiger partial charge in [-0.15, -0.1) is 11.3 Å². The summed E-state index contributed by atoms with van der Waals surface area (Å²) in [6.45, 7) is 0.518. The third-order valence-corrected chi connectivity index (χ3v) is 8.13. The molecule has 2 saturated heterocycles. The van der Waals surface area contributed by atoms with Gasteiger partial charge in [-0.3, -0.25) is 14.4 Å². The van der Waals surface area contributed by atoms with Crippen molar-refractivity contribution in [1.29, 1.82) is 0 Å².